The van der Waals surface area contributed by atoms with Gasteiger partial charge in [0, 0.05) is 5.02 Å². The molecule has 0 aliphatic heterocycles. The molecule has 4 aromatic rings. The Bertz CT molecular complexity index is 1680. The fourth-order valence-corrected chi connectivity index (χ4v) is 5.56. The van der Waals surface area contributed by atoms with Crippen LogP contribution in [0.2, 0.25) is 5.02 Å². The zero-order valence-corrected chi connectivity index (χ0v) is 24.5. The number of ether oxygens (including phenoxy) is 2. The number of hydrogen-bond donors (Lipinski definition) is 1. The van der Waals surface area contributed by atoms with Crippen molar-refractivity contribution in [2.75, 3.05) is 17.5 Å². The van der Waals surface area contributed by atoms with Gasteiger partial charge in [-0.3, -0.25) is 9.10 Å². The lowest BCUT2D eigenvalue weighted by molar-refractivity contribution is -0.119. The molecule has 8 nitrogen and oxygen atoms in total. The molecule has 218 valence electrons. The number of sulfonamides is 1. The predicted molar refractivity (Wildman–Crippen MR) is 161 cm³/mol. The van der Waals surface area contributed by atoms with Gasteiger partial charge in [0.15, 0.2) is 11.5 Å². The molecule has 0 atom stereocenters. The van der Waals surface area contributed by atoms with Crippen LogP contribution in [0.1, 0.15) is 23.6 Å². The minimum atomic E-state index is -4.27. The number of hydrogen-bond acceptors (Lipinski definition) is 6. The van der Waals surface area contributed by atoms with Crippen LogP contribution in [0.5, 0.6) is 11.5 Å². The molecule has 0 saturated heterocycles. The van der Waals surface area contributed by atoms with E-state index in [9.17, 15) is 17.6 Å². The van der Waals surface area contributed by atoms with Crippen molar-refractivity contribution in [1.82, 2.24) is 5.43 Å². The molecule has 0 aromatic heterocycles. The van der Waals surface area contributed by atoms with Gasteiger partial charge < -0.3 is 9.47 Å². The van der Waals surface area contributed by atoms with E-state index in [1.165, 1.54) is 36.5 Å². The summed E-state index contributed by atoms with van der Waals surface area (Å²) >= 11 is 6.05. The highest BCUT2D eigenvalue weighted by molar-refractivity contribution is 7.92. The van der Waals surface area contributed by atoms with Gasteiger partial charge in [0.05, 0.1) is 23.4 Å². The lowest BCUT2D eigenvalue weighted by Crippen LogP contribution is -2.40. The monoisotopic (exact) mass is 609 g/mol. The Labute approximate surface area is 249 Å². The van der Waals surface area contributed by atoms with Crippen molar-refractivity contribution < 1.29 is 27.1 Å². The maximum atomic E-state index is 14.7. The van der Waals surface area contributed by atoms with Gasteiger partial charge in [-0.05, 0) is 79.6 Å². The van der Waals surface area contributed by atoms with E-state index >= 15 is 0 Å². The second kappa shape index (κ2) is 14.0. The van der Waals surface area contributed by atoms with E-state index in [-0.39, 0.29) is 17.2 Å². The summed E-state index contributed by atoms with van der Waals surface area (Å²) in [6, 6.07) is 23.9. The van der Waals surface area contributed by atoms with Crippen molar-refractivity contribution in [3.63, 3.8) is 0 Å². The van der Waals surface area contributed by atoms with Crippen LogP contribution < -0.4 is 19.2 Å². The number of carbonyl (C=O) groups is 1. The molecule has 4 aromatic carbocycles. The first kappa shape index (κ1) is 30.5. The van der Waals surface area contributed by atoms with E-state index < -0.39 is 28.3 Å². The molecule has 0 saturated carbocycles. The van der Waals surface area contributed by atoms with Gasteiger partial charge in [0.1, 0.15) is 19.0 Å². The van der Waals surface area contributed by atoms with Crippen molar-refractivity contribution in [3.8, 4) is 11.5 Å². The number of rotatable bonds is 12. The molecule has 42 heavy (non-hydrogen) atoms. The maximum Gasteiger partial charge on any atom is 0.264 e. The molecule has 4 rings (SSSR count). The average Bonchev–Trinajstić information content (AvgIpc) is 2.96. The molecule has 0 bridgehead atoms. The van der Waals surface area contributed by atoms with E-state index in [4.69, 9.17) is 21.1 Å². The standard InChI is InChI=1S/C31H29ClFN3O5S/c1-3-40-30-18-23(13-16-29(30)41-21-24-7-6-8-25(32)17-24)19-34-35-31(37)20-36(28-10-5-4-9-27(28)33)42(38,39)26-14-11-22(2)12-15-26/h4-19H,3,20-21H2,1-2H3,(H,35,37)/b34-19-. The lowest BCUT2D eigenvalue weighted by atomic mass is 10.2. The summed E-state index contributed by atoms with van der Waals surface area (Å²) in [5.74, 6) is -0.563. The highest BCUT2D eigenvalue weighted by Gasteiger charge is 2.29. The van der Waals surface area contributed by atoms with Gasteiger partial charge in [-0.1, -0.05) is 53.6 Å². The topological polar surface area (TPSA) is 97.3 Å². The SMILES string of the molecule is CCOc1cc(/C=N\NC(=O)CN(c2ccccc2F)S(=O)(=O)c2ccc(C)cc2)ccc1OCc1cccc(Cl)c1. The number of anilines is 1. The van der Waals surface area contributed by atoms with Crippen molar-refractivity contribution in [1.29, 1.82) is 0 Å². The largest absolute Gasteiger partial charge is 0.490 e. The number of halogens is 2. The number of benzene rings is 4. The minimum Gasteiger partial charge on any atom is -0.490 e. The number of nitrogens with zero attached hydrogens (tertiary/aromatic N) is 2. The third kappa shape index (κ3) is 7.86. The van der Waals surface area contributed by atoms with E-state index in [1.807, 2.05) is 32.0 Å². The molecule has 0 aliphatic rings. The van der Waals surface area contributed by atoms with Crippen LogP contribution in [0.25, 0.3) is 0 Å². The van der Waals surface area contributed by atoms with Crippen LogP contribution in [-0.2, 0) is 21.4 Å². The molecule has 0 fully saturated rings. The fraction of sp³-hybridized carbons (Fsp3) is 0.161. The van der Waals surface area contributed by atoms with Crippen LogP contribution in [0, 0.1) is 12.7 Å². The Hall–Kier alpha value is -4.41. The smallest absolute Gasteiger partial charge is 0.264 e. The van der Waals surface area contributed by atoms with Crippen LogP contribution in [0.3, 0.4) is 0 Å². The molecule has 0 aliphatic carbocycles. The Morgan fingerprint density at radius 3 is 2.45 bits per heavy atom. The molecule has 1 amide bonds. The van der Waals surface area contributed by atoms with Crippen molar-refractivity contribution >= 4 is 39.4 Å². The zero-order chi connectivity index (χ0) is 30.1. The van der Waals surface area contributed by atoms with E-state index in [0.717, 1.165) is 21.5 Å². The summed E-state index contributed by atoms with van der Waals surface area (Å²) in [7, 11) is -4.27. The average molecular weight is 610 g/mol. The summed E-state index contributed by atoms with van der Waals surface area (Å²) < 4.78 is 53.9. The maximum absolute atomic E-state index is 14.7. The third-order valence-corrected chi connectivity index (χ3v) is 7.98. The highest BCUT2D eigenvalue weighted by atomic mass is 35.5. The van der Waals surface area contributed by atoms with Gasteiger partial charge >= 0.3 is 0 Å². The lowest BCUT2D eigenvalue weighted by Gasteiger charge is -2.24. The number of amides is 1. The quantitative estimate of drug-likeness (QED) is 0.154. The summed E-state index contributed by atoms with van der Waals surface area (Å²) in [6.45, 7) is 3.64. The molecule has 0 spiro atoms. The second-order valence-corrected chi connectivity index (χ2v) is 11.4. The third-order valence-electron chi connectivity index (χ3n) is 5.97. The normalized spacial score (nSPS) is 11.3. The molecule has 0 unspecified atom stereocenters. The number of hydrazone groups is 1. The summed E-state index contributed by atoms with van der Waals surface area (Å²) in [5, 5.41) is 4.57. The van der Waals surface area contributed by atoms with Gasteiger partial charge in [-0.2, -0.15) is 5.10 Å². The highest BCUT2D eigenvalue weighted by Crippen LogP contribution is 2.29. The predicted octanol–water partition coefficient (Wildman–Crippen LogP) is 6.11. The van der Waals surface area contributed by atoms with Crippen LogP contribution in [0.4, 0.5) is 10.1 Å². The summed E-state index contributed by atoms with van der Waals surface area (Å²) in [5.41, 5.74) is 4.40. The van der Waals surface area contributed by atoms with Crippen molar-refractivity contribution in [3.05, 3.63) is 119 Å². The zero-order valence-electron chi connectivity index (χ0n) is 23.0. The van der Waals surface area contributed by atoms with Crippen molar-refractivity contribution in [2.24, 2.45) is 5.10 Å². The van der Waals surface area contributed by atoms with E-state index in [2.05, 4.69) is 10.5 Å². The Morgan fingerprint density at radius 1 is 0.976 bits per heavy atom. The van der Waals surface area contributed by atoms with Crippen LogP contribution >= 0.6 is 11.6 Å². The van der Waals surface area contributed by atoms with Gasteiger partial charge in [-0.25, -0.2) is 18.2 Å². The molecular formula is C31H29ClFN3O5S. The molecule has 0 radical (unpaired) electrons. The first-order chi connectivity index (χ1) is 20.2. The molecule has 11 heteroatoms. The Balaban J connectivity index is 1.48. The first-order valence-corrected chi connectivity index (χ1v) is 14.8. The summed E-state index contributed by atoms with van der Waals surface area (Å²) in [4.78, 5) is 12.7. The Morgan fingerprint density at radius 2 is 1.74 bits per heavy atom. The Kier molecular flexibility index (Phi) is 10.2. The summed E-state index contributed by atoms with van der Waals surface area (Å²) in [6.07, 6.45) is 1.38. The van der Waals surface area contributed by atoms with E-state index in [1.54, 1.807) is 36.4 Å². The minimum absolute atomic E-state index is 0.0752. The molecule has 1 N–H and O–H groups in total. The number of aryl methyl sites for hydroxylation is 1. The first-order valence-electron chi connectivity index (χ1n) is 13.0. The van der Waals surface area contributed by atoms with Gasteiger partial charge in [0.25, 0.3) is 15.9 Å². The number of carbonyl (C=O) groups excluding carboxylic acids is 1. The van der Waals surface area contributed by atoms with E-state index in [0.29, 0.717) is 28.7 Å². The van der Waals surface area contributed by atoms with Crippen LogP contribution in [-0.4, -0.2) is 33.7 Å². The fourth-order valence-electron chi connectivity index (χ4n) is 3.92. The van der Waals surface area contributed by atoms with Crippen LogP contribution in [0.15, 0.2) is 101 Å². The second-order valence-electron chi connectivity index (χ2n) is 9.13. The molecular weight excluding hydrogens is 581 g/mol. The van der Waals surface area contributed by atoms with Gasteiger partial charge in [-0.15, -0.1) is 0 Å². The molecule has 0 heterocycles. The van der Waals surface area contributed by atoms with Crippen molar-refractivity contribution in [2.45, 2.75) is 25.3 Å². The van der Waals surface area contributed by atoms with Gasteiger partial charge in [0.2, 0.25) is 0 Å². The number of para-hydroxylation sites is 1. The number of nitrogens with one attached hydrogen (secondary N) is 1.